The summed E-state index contributed by atoms with van der Waals surface area (Å²) < 4.78 is 5.63. The largest absolute Gasteiger partial charge is 0.383 e. The predicted octanol–water partition coefficient (Wildman–Crippen LogP) is 0.624. The fourth-order valence-electron chi connectivity index (χ4n) is 2.54. The Hall–Kier alpha value is -1.99. The molecule has 21 heavy (non-hydrogen) atoms. The Labute approximate surface area is 123 Å². The second kappa shape index (κ2) is 5.79. The van der Waals surface area contributed by atoms with Gasteiger partial charge in [0.15, 0.2) is 5.65 Å². The van der Waals surface area contributed by atoms with E-state index in [-0.39, 0.29) is 6.10 Å². The maximum Gasteiger partial charge on any atom is 0.226 e. The molecule has 1 atom stereocenters. The van der Waals surface area contributed by atoms with E-state index in [4.69, 9.17) is 10.5 Å². The summed E-state index contributed by atoms with van der Waals surface area (Å²) in [5.74, 6) is 0.946. The van der Waals surface area contributed by atoms with Gasteiger partial charge in [-0.2, -0.15) is 9.97 Å². The van der Waals surface area contributed by atoms with Gasteiger partial charge in [0.1, 0.15) is 5.82 Å². The number of hydrogen-bond donors (Lipinski definition) is 3. The summed E-state index contributed by atoms with van der Waals surface area (Å²) in [6.45, 7) is 7.03. The summed E-state index contributed by atoms with van der Waals surface area (Å²) in [5.41, 5.74) is 8.63. The molecule has 2 aromatic heterocycles. The lowest BCUT2D eigenvalue weighted by atomic mass is 10.1. The first-order chi connectivity index (χ1) is 10.1. The summed E-state index contributed by atoms with van der Waals surface area (Å²) >= 11 is 0. The number of pyridine rings is 1. The molecule has 2 aromatic rings. The van der Waals surface area contributed by atoms with Gasteiger partial charge < -0.3 is 21.1 Å². The molecule has 7 heteroatoms. The Morgan fingerprint density at radius 2 is 2.24 bits per heavy atom. The number of ether oxygens (including phenoxy) is 1. The van der Waals surface area contributed by atoms with Crippen molar-refractivity contribution in [2.75, 3.05) is 37.3 Å². The molecule has 0 radical (unpaired) electrons. The highest BCUT2D eigenvalue weighted by Crippen LogP contribution is 2.22. The lowest BCUT2D eigenvalue weighted by Crippen LogP contribution is -2.42. The molecule has 3 heterocycles. The molecule has 1 aliphatic rings. The Morgan fingerprint density at radius 3 is 3.00 bits per heavy atom. The van der Waals surface area contributed by atoms with Crippen LogP contribution in [-0.4, -0.2) is 47.3 Å². The number of nitrogens with zero attached hydrogens (tertiary/aromatic N) is 3. The van der Waals surface area contributed by atoms with Crippen LogP contribution >= 0.6 is 0 Å². The van der Waals surface area contributed by atoms with Crippen LogP contribution in [0.15, 0.2) is 6.07 Å². The predicted molar refractivity (Wildman–Crippen MR) is 82.3 cm³/mol. The van der Waals surface area contributed by atoms with Crippen LogP contribution in [0, 0.1) is 13.8 Å². The molecule has 0 amide bonds. The number of nitrogens with two attached hydrogens (primary N) is 1. The van der Waals surface area contributed by atoms with E-state index >= 15 is 0 Å². The van der Waals surface area contributed by atoms with E-state index in [1.165, 1.54) is 0 Å². The third-order valence-electron chi connectivity index (χ3n) is 3.51. The third-order valence-corrected chi connectivity index (χ3v) is 3.51. The number of aromatic nitrogens is 3. The van der Waals surface area contributed by atoms with E-state index in [0.717, 1.165) is 36.3 Å². The van der Waals surface area contributed by atoms with Crippen LogP contribution < -0.4 is 16.4 Å². The van der Waals surface area contributed by atoms with Crippen LogP contribution in [0.3, 0.4) is 0 Å². The van der Waals surface area contributed by atoms with E-state index in [2.05, 4.69) is 25.6 Å². The highest BCUT2D eigenvalue weighted by molar-refractivity contribution is 5.89. The zero-order valence-corrected chi connectivity index (χ0v) is 12.3. The minimum atomic E-state index is 0.117. The summed E-state index contributed by atoms with van der Waals surface area (Å²) in [6, 6.07) is 1.98. The minimum absolute atomic E-state index is 0.117. The van der Waals surface area contributed by atoms with Crippen molar-refractivity contribution in [3.63, 3.8) is 0 Å². The monoisotopic (exact) mass is 288 g/mol. The van der Waals surface area contributed by atoms with Crippen LogP contribution in [0.1, 0.15) is 11.3 Å². The van der Waals surface area contributed by atoms with Gasteiger partial charge in [0.05, 0.1) is 18.1 Å². The summed E-state index contributed by atoms with van der Waals surface area (Å²) in [7, 11) is 0. The van der Waals surface area contributed by atoms with Crippen LogP contribution in [0.5, 0.6) is 0 Å². The molecule has 0 saturated carbocycles. The van der Waals surface area contributed by atoms with Crippen molar-refractivity contribution >= 4 is 22.8 Å². The fraction of sp³-hybridized carbons (Fsp3) is 0.500. The topological polar surface area (TPSA) is 98.0 Å². The number of anilines is 2. The molecule has 112 valence electrons. The Balaban J connectivity index is 1.82. The Bertz CT molecular complexity index is 653. The molecule has 1 aliphatic heterocycles. The van der Waals surface area contributed by atoms with Gasteiger partial charge in [-0.25, -0.2) is 4.98 Å². The molecule has 4 N–H and O–H groups in total. The molecular formula is C14H20N6O. The van der Waals surface area contributed by atoms with E-state index < -0.39 is 0 Å². The number of morpholine rings is 1. The summed E-state index contributed by atoms with van der Waals surface area (Å²) in [6.07, 6.45) is 0.117. The zero-order valence-electron chi connectivity index (χ0n) is 12.3. The van der Waals surface area contributed by atoms with E-state index in [9.17, 15) is 0 Å². The smallest absolute Gasteiger partial charge is 0.226 e. The maximum absolute atomic E-state index is 6.04. The minimum Gasteiger partial charge on any atom is -0.383 e. The van der Waals surface area contributed by atoms with Crippen molar-refractivity contribution in [2.24, 2.45) is 0 Å². The van der Waals surface area contributed by atoms with Crippen molar-refractivity contribution in [1.82, 2.24) is 20.3 Å². The van der Waals surface area contributed by atoms with Gasteiger partial charge >= 0.3 is 0 Å². The average Bonchev–Trinajstić information content (AvgIpc) is 2.45. The summed E-state index contributed by atoms with van der Waals surface area (Å²) in [4.78, 5) is 13.2. The third kappa shape index (κ3) is 3.03. The average molecular weight is 288 g/mol. The fourth-order valence-corrected chi connectivity index (χ4v) is 2.54. The molecule has 1 saturated heterocycles. The van der Waals surface area contributed by atoms with Crippen molar-refractivity contribution in [3.05, 3.63) is 17.3 Å². The number of hydrogen-bond acceptors (Lipinski definition) is 7. The molecule has 0 spiro atoms. The quantitative estimate of drug-likeness (QED) is 0.761. The van der Waals surface area contributed by atoms with Crippen LogP contribution in [-0.2, 0) is 4.74 Å². The first-order valence-corrected chi connectivity index (χ1v) is 7.11. The second-order valence-electron chi connectivity index (χ2n) is 5.29. The highest BCUT2D eigenvalue weighted by atomic mass is 16.5. The maximum atomic E-state index is 6.04. The molecular weight excluding hydrogens is 268 g/mol. The first kappa shape index (κ1) is 14.0. The van der Waals surface area contributed by atoms with Crippen molar-refractivity contribution < 1.29 is 4.74 Å². The lowest BCUT2D eigenvalue weighted by molar-refractivity contribution is 0.0371. The standard InChI is InChI=1S/C14H20N6O/c1-8-5-9(2)18-13-11(8)12(15)19-14(20-13)17-7-10-6-16-3-4-21-10/h5,10,16H,3-4,6-7H2,1-2H3,(H3,15,17,18,19,20)/t10-/m0/s1. The SMILES string of the molecule is Cc1cc(C)c2c(N)nc(NC[C@@H]3CNCCO3)nc2n1. The van der Waals surface area contributed by atoms with Gasteiger partial charge in [-0.3, -0.25) is 0 Å². The van der Waals surface area contributed by atoms with Gasteiger partial charge in [-0.1, -0.05) is 0 Å². The van der Waals surface area contributed by atoms with Crippen molar-refractivity contribution in [2.45, 2.75) is 20.0 Å². The number of aryl methyl sites for hydroxylation is 2. The Kier molecular flexibility index (Phi) is 3.85. The molecule has 0 bridgehead atoms. The molecule has 0 aromatic carbocycles. The van der Waals surface area contributed by atoms with Crippen LogP contribution in [0.25, 0.3) is 11.0 Å². The number of rotatable bonds is 3. The molecule has 1 fully saturated rings. The van der Waals surface area contributed by atoms with E-state index in [1.807, 2.05) is 19.9 Å². The Morgan fingerprint density at radius 1 is 1.38 bits per heavy atom. The first-order valence-electron chi connectivity index (χ1n) is 7.11. The van der Waals surface area contributed by atoms with E-state index in [1.54, 1.807) is 0 Å². The number of nitrogens with one attached hydrogen (secondary N) is 2. The van der Waals surface area contributed by atoms with Gasteiger partial charge in [0, 0.05) is 25.3 Å². The van der Waals surface area contributed by atoms with Gasteiger partial charge in [-0.05, 0) is 25.5 Å². The number of nitrogen functional groups attached to an aromatic ring is 1. The molecule has 0 unspecified atom stereocenters. The zero-order chi connectivity index (χ0) is 14.8. The lowest BCUT2D eigenvalue weighted by Gasteiger charge is -2.23. The van der Waals surface area contributed by atoms with Gasteiger partial charge in [-0.15, -0.1) is 0 Å². The molecule has 7 nitrogen and oxygen atoms in total. The molecule has 0 aliphatic carbocycles. The second-order valence-corrected chi connectivity index (χ2v) is 5.29. The van der Waals surface area contributed by atoms with Gasteiger partial charge in [0.25, 0.3) is 0 Å². The van der Waals surface area contributed by atoms with Crippen molar-refractivity contribution in [1.29, 1.82) is 0 Å². The highest BCUT2D eigenvalue weighted by Gasteiger charge is 2.14. The van der Waals surface area contributed by atoms with Crippen molar-refractivity contribution in [3.8, 4) is 0 Å². The van der Waals surface area contributed by atoms with Gasteiger partial charge in [0.2, 0.25) is 5.95 Å². The van der Waals surface area contributed by atoms with Crippen LogP contribution in [0.4, 0.5) is 11.8 Å². The molecule has 3 rings (SSSR count). The summed E-state index contributed by atoms with van der Waals surface area (Å²) in [5, 5.41) is 7.28. The van der Waals surface area contributed by atoms with E-state index in [0.29, 0.717) is 24.0 Å². The normalized spacial score (nSPS) is 18.9. The number of fused-ring (bicyclic) bond motifs is 1. The van der Waals surface area contributed by atoms with Crippen LogP contribution in [0.2, 0.25) is 0 Å².